The molecule has 5 heteroatoms. The van der Waals surface area contributed by atoms with Gasteiger partial charge in [-0.3, -0.25) is 4.90 Å². The lowest BCUT2D eigenvalue weighted by atomic mass is 10.2. The Morgan fingerprint density at radius 1 is 1.04 bits per heavy atom. The standard InChI is InChI=1S/C18H22N2O3/c1-4-20(15-8-6-5-7-9-15)18(21)19-13-14-10-11-16(22-2)17(12-14)23-3/h5-12H,4,13H2,1-3H3,(H,19,21). The summed E-state index contributed by atoms with van der Waals surface area (Å²) in [6.07, 6.45) is 0. The van der Waals surface area contributed by atoms with Crippen molar-refractivity contribution >= 4 is 11.7 Å². The van der Waals surface area contributed by atoms with Gasteiger partial charge in [-0.15, -0.1) is 0 Å². The fraction of sp³-hybridized carbons (Fsp3) is 0.278. The quantitative estimate of drug-likeness (QED) is 0.888. The van der Waals surface area contributed by atoms with Crippen LogP contribution < -0.4 is 19.7 Å². The molecule has 0 aromatic heterocycles. The van der Waals surface area contributed by atoms with Gasteiger partial charge in [-0.25, -0.2) is 4.79 Å². The number of carbonyl (C=O) groups is 1. The predicted octanol–water partition coefficient (Wildman–Crippen LogP) is 3.44. The summed E-state index contributed by atoms with van der Waals surface area (Å²) in [5, 5.41) is 2.93. The molecule has 0 aliphatic rings. The van der Waals surface area contributed by atoms with Crippen LogP contribution in [0.25, 0.3) is 0 Å². The molecule has 2 amide bonds. The largest absolute Gasteiger partial charge is 0.493 e. The van der Waals surface area contributed by atoms with Gasteiger partial charge in [0, 0.05) is 18.8 Å². The van der Waals surface area contributed by atoms with Crippen molar-refractivity contribution in [3.05, 3.63) is 54.1 Å². The van der Waals surface area contributed by atoms with E-state index >= 15 is 0 Å². The van der Waals surface area contributed by atoms with E-state index in [1.165, 1.54) is 0 Å². The van der Waals surface area contributed by atoms with Gasteiger partial charge in [0.15, 0.2) is 11.5 Å². The van der Waals surface area contributed by atoms with Crippen molar-refractivity contribution in [1.82, 2.24) is 5.32 Å². The van der Waals surface area contributed by atoms with Crippen LogP contribution in [0.15, 0.2) is 48.5 Å². The highest BCUT2D eigenvalue weighted by molar-refractivity contribution is 5.91. The van der Waals surface area contributed by atoms with E-state index in [1.807, 2.05) is 55.5 Å². The Morgan fingerprint density at radius 3 is 2.35 bits per heavy atom. The SMILES string of the molecule is CCN(C(=O)NCc1ccc(OC)c(OC)c1)c1ccccc1. The van der Waals surface area contributed by atoms with Crippen molar-refractivity contribution in [2.45, 2.75) is 13.5 Å². The first kappa shape index (κ1) is 16.7. The maximum atomic E-state index is 12.4. The molecule has 0 unspecified atom stereocenters. The highest BCUT2D eigenvalue weighted by atomic mass is 16.5. The molecule has 23 heavy (non-hydrogen) atoms. The molecule has 0 bridgehead atoms. The molecule has 0 aliphatic carbocycles. The Labute approximate surface area is 136 Å². The van der Waals surface area contributed by atoms with Gasteiger partial charge in [-0.1, -0.05) is 24.3 Å². The molecular weight excluding hydrogens is 292 g/mol. The molecular formula is C18H22N2O3. The van der Waals surface area contributed by atoms with E-state index < -0.39 is 0 Å². The zero-order chi connectivity index (χ0) is 16.7. The van der Waals surface area contributed by atoms with E-state index in [1.54, 1.807) is 19.1 Å². The summed E-state index contributed by atoms with van der Waals surface area (Å²) in [5.41, 5.74) is 1.82. The molecule has 0 saturated carbocycles. The number of hydrogen-bond donors (Lipinski definition) is 1. The van der Waals surface area contributed by atoms with E-state index in [-0.39, 0.29) is 6.03 Å². The molecule has 2 rings (SSSR count). The minimum Gasteiger partial charge on any atom is -0.493 e. The monoisotopic (exact) mass is 314 g/mol. The van der Waals surface area contributed by atoms with Crippen LogP contribution in [-0.4, -0.2) is 26.8 Å². The lowest BCUT2D eigenvalue weighted by Gasteiger charge is -2.21. The fourth-order valence-corrected chi connectivity index (χ4v) is 2.32. The number of nitrogens with zero attached hydrogens (tertiary/aromatic N) is 1. The van der Waals surface area contributed by atoms with Gasteiger partial charge in [-0.2, -0.15) is 0 Å². The van der Waals surface area contributed by atoms with Crippen LogP contribution in [-0.2, 0) is 6.54 Å². The van der Waals surface area contributed by atoms with Crippen LogP contribution in [0.4, 0.5) is 10.5 Å². The highest BCUT2D eigenvalue weighted by Gasteiger charge is 2.13. The fourth-order valence-electron chi connectivity index (χ4n) is 2.32. The van der Waals surface area contributed by atoms with Crippen LogP contribution in [0.2, 0.25) is 0 Å². The van der Waals surface area contributed by atoms with Crippen LogP contribution in [0.5, 0.6) is 11.5 Å². The van der Waals surface area contributed by atoms with Crippen LogP contribution >= 0.6 is 0 Å². The van der Waals surface area contributed by atoms with Crippen molar-refractivity contribution in [3.8, 4) is 11.5 Å². The molecule has 0 fully saturated rings. The van der Waals surface area contributed by atoms with Gasteiger partial charge in [0.2, 0.25) is 0 Å². The van der Waals surface area contributed by atoms with Crippen molar-refractivity contribution in [1.29, 1.82) is 0 Å². The van der Waals surface area contributed by atoms with E-state index in [9.17, 15) is 4.79 Å². The summed E-state index contributed by atoms with van der Waals surface area (Å²) in [6, 6.07) is 15.1. The maximum absolute atomic E-state index is 12.4. The summed E-state index contributed by atoms with van der Waals surface area (Å²) >= 11 is 0. The maximum Gasteiger partial charge on any atom is 0.322 e. The lowest BCUT2D eigenvalue weighted by molar-refractivity contribution is 0.246. The van der Waals surface area contributed by atoms with Crippen molar-refractivity contribution in [3.63, 3.8) is 0 Å². The molecule has 1 N–H and O–H groups in total. The normalized spacial score (nSPS) is 10.0. The number of carbonyl (C=O) groups excluding carboxylic acids is 1. The molecule has 2 aromatic carbocycles. The molecule has 5 nitrogen and oxygen atoms in total. The second-order valence-corrected chi connectivity index (χ2v) is 4.93. The first-order chi connectivity index (χ1) is 11.2. The lowest BCUT2D eigenvalue weighted by Crippen LogP contribution is -2.39. The van der Waals surface area contributed by atoms with Gasteiger partial charge in [0.25, 0.3) is 0 Å². The first-order valence-corrected chi connectivity index (χ1v) is 7.51. The number of amides is 2. The second-order valence-electron chi connectivity index (χ2n) is 4.93. The van der Waals surface area contributed by atoms with Gasteiger partial charge in [-0.05, 0) is 36.8 Å². The Bertz CT molecular complexity index is 644. The van der Waals surface area contributed by atoms with Crippen molar-refractivity contribution in [2.24, 2.45) is 0 Å². The third-order valence-corrected chi connectivity index (χ3v) is 3.52. The van der Waals surface area contributed by atoms with Gasteiger partial charge >= 0.3 is 6.03 Å². The average Bonchev–Trinajstić information content (AvgIpc) is 2.61. The van der Waals surface area contributed by atoms with Crippen molar-refractivity contribution < 1.29 is 14.3 Å². The predicted molar refractivity (Wildman–Crippen MR) is 91.2 cm³/mol. The summed E-state index contributed by atoms with van der Waals surface area (Å²) in [7, 11) is 3.19. The first-order valence-electron chi connectivity index (χ1n) is 7.51. The molecule has 0 saturated heterocycles. The Morgan fingerprint density at radius 2 is 1.74 bits per heavy atom. The second kappa shape index (κ2) is 8.08. The van der Waals surface area contributed by atoms with Gasteiger partial charge in [0.1, 0.15) is 0 Å². The Balaban J connectivity index is 2.03. The molecule has 0 spiro atoms. The molecule has 0 aliphatic heterocycles. The smallest absolute Gasteiger partial charge is 0.322 e. The van der Waals surface area contributed by atoms with Crippen LogP contribution in [0.3, 0.4) is 0 Å². The number of benzene rings is 2. The molecule has 122 valence electrons. The average molecular weight is 314 g/mol. The van der Waals surface area contributed by atoms with Crippen LogP contribution in [0.1, 0.15) is 12.5 Å². The number of anilines is 1. The zero-order valence-corrected chi connectivity index (χ0v) is 13.7. The number of hydrogen-bond acceptors (Lipinski definition) is 3. The Hall–Kier alpha value is -2.69. The molecule has 2 aromatic rings. The summed E-state index contributed by atoms with van der Waals surface area (Å²) in [5.74, 6) is 1.32. The van der Waals surface area contributed by atoms with E-state index in [4.69, 9.17) is 9.47 Å². The minimum absolute atomic E-state index is 0.131. The number of methoxy groups -OCH3 is 2. The summed E-state index contributed by atoms with van der Waals surface area (Å²) < 4.78 is 10.5. The van der Waals surface area contributed by atoms with Gasteiger partial charge in [0.05, 0.1) is 14.2 Å². The summed E-state index contributed by atoms with van der Waals surface area (Å²) in [4.78, 5) is 14.1. The number of nitrogens with one attached hydrogen (secondary N) is 1. The topological polar surface area (TPSA) is 50.8 Å². The van der Waals surface area contributed by atoms with Crippen molar-refractivity contribution in [2.75, 3.05) is 25.7 Å². The zero-order valence-electron chi connectivity index (χ0n) is 13.7. The van der Waals surface area contributed by atoms with Gasteiger partial charge < -0.3 is 14.8 Å². The third-order valence-electron chi connectivity index (χ3n) is 3.52. The molecule has 0 atom stereocenters. The minimum atomic E-state index is -0.131. The van der Waals surface area contributed by atoms with Crippen LogP contribution in [0, 0.1) is 0 Å². The Kier molecular flexibility index (Phi) is 5.86. The van der Waals surface area contributed by atoms with E-state index in [0.717, 1.165) is 11.3 Å². The van der Waals surface area contributed by atoms with E-state index in [0.29, 0.717) is 24.6 Å². The van der Waals surface area contributed by atoms with E-state index in [2.05, 4.69) is 5.32 Å². The number of rotatable bonds is 6. The number of para-hydroxylation sites is 1. The summed E-state index contributed by atoms with van der Waals surface area (Å²) in [6.45, 7) is 2.97. The molecule has 0 heterocycles. The molecule has 0 radical (unpaired) electrons. The highest BCUT2D eigenvalue weighted by Crippen LogP contribution is 2.27. The number of ether oxygens (including phenoxy) is 2. The third kappa shape index (κ3) is 4.16. The number of urea groups is 1.